The van der Waals surface area contributed by atoms with Crippen molar-refractivity contribution in [3.8, 4) is 0 Å². The zero-order chi connectivity index (χ0) is 14.7. The number of benzene rings is 2. The SMILES string of the molecule is COC(=O)c1cc(N)ccc1Nc1ccc(C)c(C)c1. The van der Waals surface area contributed by atoms with Gasteiger partial charge in [-0.1, -0.05) is 6.07 Å². The average molecular weight is 270 g/mol. The molecule has 0 aliphatic carbocycles. The zero-order valence-electron chi connectivity index (χ0n) is 11.9. The molecule has 3 N–H and O–H groups in total. The Hall–Kier alpha value is -2.49. The molecule has 0 saturated heterocycles. The molecule has 0 aliphatic rings. The van der Waals surface area contributed by atoms with Crippen LogP contribution in [0.15, 0.2) is 36.4 Å². The molecule has 0 amide bonds. The number of carbonyl (C=O) groups is 1. The summed E-state index contributed by atoms with van der Waals surface area (Å²) in [6.07, 6.45) is 0. The van der Waals surface area contributed by atoms with Gasteiger partial charge in [-0.2, -0.15) is 0 Å². The Morgan fingerprint density at radius 3 is 2.50 bits per heavy atom. The predicted octanol–water partition coefficient (Wildman–Crippen LogP) is 3.42. The fraction of sp³-hybridized carbons (Fsp3) is 0.188. The van der Waals surface area contributed by atoms with Crippen LogP contribution >= 0.6 is 0 Å². The number of carbonyl (C=O) groups excluding carboxylic acids is 1. The molecule has 2 aromatic rings. The topological polar surface area (TPSA) is 64.3 Å². The maximum Gasteiger partial charge on any atom is 0.340 e. The van der Waals surface area contributed by atoms with Gasteiger partial charge in [0.2, 0.25) is 0 Å². The van der Waals surface area contributed by atoms with Crippen molar-refractivity contribution in [1.29, 1.82) is 0 Å². The predicted molar refractivity (Wildman–Crippen MR) is 81.4 cm³/mol. The minimum absolute atomic E-state index is 0.413. The number of nitrogens with two attached hydrogens (primary N) is 1. The lowest BCUT2D eigenvalue weighted by Gasteiger charge is -2.12. The molecule has 0 aliphatic heterocycles. The molecule has 0 atom stereocenters. The van der Waals surface area contributed by atoms with E-state index in [2.05, 4.69) is 12.2 Å². The van der Waals surface area contributed by atoms with Crippen LogP contribution in [0.4, 0.5) is 17.1 Å². The summed E-state index contributed by atoms with van der Waals surface area (Å²) in [4.78, 5) is 11.8. The zero-order valence-corrected chi connectivity index (χ0v) is 11.9. The smallest absolute Gasteiger partial charge is 0.340 e. The first-order valence-electron chi connectivity index (χ1n) is 6.33. The van der Waals surface area contributed by atoms with Crippen molar-refractivity contribution in [3.63, 3.8) is 0 Å². The number of hydrogen-bond donors (Lipinski definition) is 2. The highest BCUT2D eigenvalue weighted by molar-refractivity contribution is 5.97. The van der Waals surface area contributed by atoms with E-state index in [1.165, 1.54) is 18.2 Å². The number of hydrogen-bond acceptors (Lipinski definition) is 4. The van der Waals surface area contributed by atoms with E-state index in [1.807, 2.05) is 25.1 Å². The van der Waals surface area contributed by atoms with E-state index in [0.29, 0.717) is 16.9 Å². The van der Waals surface area contributed by atoms with Gasteiger partial charge in [0, 0.05) is 11.4 Å². The van der Waals surface area contributed by atoms with Crippen molar-refractivity contribution in [2.75, 3.05) is 18.2 Å². The Morgan fingerprint density at radius 1 is 1.10 bits per heavy atom. The molecule has 2 aromatic carbocycles. The van der Waals surface area contributed by atoms with Crippen molar-refractivity contribution < 1.29 is 9.53 Å². The van der Waals surface area contributed by atoms with Gasteiger partial charge in [-0.15, -0.1) is 0 Å². The van der Waals surface area contributed by atoms with Crippen LogP contribution in [-0.2, 0) is 4.74 Å². The molecular weight excluding hydrogens is 252 g/mol. The maximum absolute atomic E-state index is 11.8. The fourth-order valence-corrected chi connectivity index (χ4v) is 1.92. The number of anilines is 3. The van der Waals surface area contributed by atoms with E-state index < -0.39 is 5.97 Å². The highest BCUT2D eigenvalue weighted by atomic mass is 16.5. The first kappa shape index (κ1) is 13.9. The number of nitrogens with one attached hydrogen (secondary N) is 1. The van der Waals surface area contributed by atoms with Crippen molar-refractivity contribution >= 4 is 23.0 Å². The quantitative estimate of drug-likeness (QED) is 0.662. The van der Waals surface area contributed by atoms with E-state index in [4.69, 9.17) is 10.5 Å². The molecule has 0 saturated carbocycles. The molecule has 0 spiro atoms. The number of nitrogen functional groups attached to an aromatic ring is 1. The molecule has 0 fully saturated rings. The molecule has 4 heteroatoms. The lowest BCUT2D eigenvalue weighted by atomic mass is 10.1. The molecule has 104 valence electrons. The molecule has 0 unspecified atom stereocenters. The summed E-state index contributed by atoms with van der Waals surface area (Å²) in [6, 6.07) is 11.2. The normalized spacial score (nSPS) is 10.2. The Balaban J connectivity index is 2.37. The van der Waals surface area contributed by atoms with Crippen LogP contribution in [0.1, 0.15) is 21.5 Å². The Bertz CT molecular complexity index is 651. The molecule has 0 heterocycles. The minimum atomic E-state index is -0.413. The Kier molecular flexibility index (Phi) is 3.94. The van der Waals surface area contributed by atoms with Gasteiger partial charge in [0.1, 0.15) is 0 Å². The molecule has 4 nitrogen and oxygen atoms in total. The average Bonchev–Trinajstić information content (AvgIpc) is 2.44. The number of rotatable bonds is 3. The summed E-state index contributed by atoms with van der Waals surface area (Å²) in [7, 11) is 1.35. The first-order valence-corrected chi connectivity index (χ1v) is 6.33. The van der Waals surface area contributed by atoms with Gasteiger partial charge in [0.25, 0.3) is 0 Å². The van der Waals surface area contributed by atoms with Crippen LogP contribution in [0.3, 0.4) is 0 Å². The highest BCUT2D eigenvalue weighted by Gasteiger charge is 2.12. The summed E-state index contributed by atoms with van der Waals surface area (Å²) in [5.41, 5.74) is 10.7. The molecule has 2 rings (SSSR count). The van der Waals surface area contributed by atoms with E-state index >= 15 is 0 Å². The van der Waals surface area contributed by atoms with Crippen molar-refractivity contribution in [1.82, 2.24) is 0 Å². The monoisotopic (exact) mass is 270 g/mol. The third kappa shape index (κ3) is 2.91. The van der Waals surface area contributed by atoms with Crippen LogP contribution in [0.25, 0.3) is 0 Å². The van der Waals surface area contributed by atoms with E-state index in [9.17, 15) is 4.79 Å². The first-order chi connectivity index (χ1) is 9.51. The Morgan fingerprint density at radius 2 is 1.85 bits per heavy atom. The second kappa shape index (κ2) is 5.65. The summed E-state index contributed by atoms with van der Waals surface area (Å²) in [5.74, 6) is -0.413. The van der Waals surface area contributed by atoms with Crippen molar-refractivity contribution in [3.05, 3.63) is 53.1 Å². The second-order valence-corrected chi connectivity index (χ2v) is 4.72. The van der Waals surface area contributed by atoms with Crippen LogP contribution in [-0.4, -0.2) is 13.1 Å². The summed E-state index contributed by atoms with van der Waals surface area (Å²) in [6.45, 7) is 4.10. The summed E-state index contributed by atoms with van der Waals surface area (Å²) < 4.78 is 4.78. The third-order valence-electron chi connectivity index (χ3n) is 3.23. The molecule has 20 heavy (non-hydrogen) atoms. The van der Waals surface area contributed by atoms with Gasteiger partial charge in [0.15, 0.2) is 0 Å². The van der Waals surface area contributed by atoms with Gasteiger partial charge >= 0.3 is 5.97 Å². The van der Waals surface area contributed by atoms with Gasteiger partial charge in [-0.3, -0.25) is 0 Å². The second-order valence-electron chi connectivity index (χ2n) is 4.72. The standard InChI is InChI=1S/C16H18N2O2/c1-10-4-6-13(8-11(10)2)18-15-7-5-12(17)9-14(15)16(19)20-3/h4-9,18H,17H2,1-3H3. The fourth-order valence-electron chi connectivity index (χ4n) is 1.92. The van der Waals surface area contributed by atoms with Crippen molar-refractivity contribution in [2.24, 2.45) is 0 Å². The molecule has 0 bridgehead atoms. The molecule has 0 radical (unpaired) electrons. The lowest BCUT2D eigenvalue weighted by molar-refractivity contribution is 0.0602. The van der Waals surface area contributed by atoms with Gasteiger partial charge < -0.3 is 15.8 Å². The van der Waals surface area contributed by atoms with Gasteiger partial charge in [0.05, 0.1) is 18.4 Å². The summed E-state index contributed by atoms with van der Waals surface area (Å²) in [5, 5.41) is 3.23. The van der Waals surface area contributed by atoms with E-state index in [0.717, 1.165) is 5.69 Å². The van der Waals surface area contributed by atoms with Crippen molar-refractivity contribution in [2.45, 2.75) is 13.8 Å². The van der Waals surface area contributed by atoms with E-state index in [1.54, 1.807) is 18.2 Å². The minimum Gasteiger partial charge on any atom is -0.465 e. The highest BCUT2D eigenvalue weighted by Crippen LogP contribution is 2.25. The molecular formula is C16H18N2O2. The molecule has 0 aromatic heterocycles. The van der Waals surface area contributed by atoms with E-state index in [-0.39, 0.29) is 0 Å². The maximum atomic E-state index is 11.8. The largest absolute Gasteiger partial charge is 0.465 e. The number of methoxy groups -OCH3 is 1. The number of ether oxygens (including phenoxy) is 1. The van der Waals surface area contributed by atoms with Gasteiger partial charge in [-0.25, -0.2) is 4.79 Å². The van der Waals surface area contributed by atoms with Crippen LogP contribution in [0.2, 0.25) is 0 Å². The van der Waals surface area contributed by atoms with Gasteiger partial charge in [-0.05, 0) is 55.3 Å². The van der Waals surface area contributed by atoms with Crippen LogP contribution in [0, 0.1) is 13.8 Å². The third-order valence-corrected chi connectivity index (χ3v) is 3.23. The Labute approximate surface area is 118 Å². The van der Waals surface area contributed by atoms with Crippen LogP contribution in [0.5, 0.6) is 0 Å². The van der Waals surface area contributed by atoms with Crippen LogP contribution < -0.4 is 11.1 Å². The summed E-state index contributed by atoms with van der Waals surface area (Å²) >= 11 is 0. The number of esters is 1. The lowest BCUT2D eigenvalue weighted by Crippen LogP contribution is -2.06. The number of aryl methyl sites for hydroxylation is 2.